The first kappa shape index (κ1) is 9.68. The zero-order valence-corrected chi connectivity index (χ0v) is 8.52. The summed E-state index contributed by atoms with van der Waals surface area (Å²) >= 11 is 0. The van der Waals surface area contributed by atoms with Crippen molar-refractivity contribution in [3.63, 3.8) is 0 Å². The Labute approximate surface area is 84.0 Å². The molecule has 1 aliphatic carbocycles. The molecule has 1 aromatic heterocycles. The van der Waals surface area contributed by atoms with E-state index in [1.807, 2.05) is 19.4 Å². The molecule has 14 heavy (non-hydrogen) atoms. The number of nitrogens with zero attached hydrogens (tertiary/aromatic N) is 2. The van der Waals surface area contributed by atoms with Crippen LogP contribution >= 0.6 is 0 Å². The van der Waals surface area contributed by atoms with Crippen molar-refractivity contribution in [2.75, 3.05) is 0 Å². The fourth-order valence-corrected chi connectivity index (χ4v) is 1.89. The van der Waals surface area contributed by atoms with Gasteiger partial charge in [0.2, 0.25) is 0 Å². The van der Waals surface area contributed by atoms with Crippen LogP contribution in [0.15, 0.2) is 12.4 Å². The second-order valence-corrected chi connectivity index (χ2v) is 4.03. The first-order valence-corrected chi connectivity index (χ1v) is 5.09. The Morgan fingerprint density at radius 1 is 1.64 bits per heavy atom. The SMILES string of the molecule is Cn1cc(COC2CCC(N)C2)cn1. The van der Waals surface area contributed by atoms with Gasteiger partial charge in [0, 0.05) is 24.8 Å². The van der Waals surface area contributed by atoms with Gasteiger partial charge in [-0.1, -0.05) is 0 Å². The molecule has 0 bridgehead atoms. The zero-order chi connectivity index (χ0) is 9.97. The number of aryl methyl sites for hydroxylation is 1. The van der Waals surface area contributed by atoms with Crippen molar-refractivity contribution in [1.82, 2.24) is 9.78 Å². The van der Waals surface area contributed by atoms with E-state index in [-0.39, 0.29) is 0 Å². The molecule has 4 nitrogen and oxygen atoms in total. The molecule has 1 saturated carbocycles. The van der Waals surface area contributed by atoms with E-state index in [1.165, 1.54) is 0 Å². The molecule has 0 amide bonds. The summed E-state index contributed by atoms with van der Waals surface area (Å²) < 4.78 is 7.53. The highest BCUT2D eigenvalue weighted by Crippen LogP contribution is 2.21. The average Bonchev–Trinajstić information content (AvgIpc) is 2.72. The van der Waals surface area contributed by atoms with Gasteiger partial charge in [0.1, 0.15) is 0 Å². The smallest absolute Gasteiger partial charge is 0.0751 e. The number of hydrogen-bond donors (Lipinski definition) is 1. The molecule has 0 saturated heterocycles. The van der Waals surface area contributed by atoms with Crippen LogP contribution < -0.4 is 5.73 Å². The molecule has 78 valence electrons. The summed E-state index contributed by atoms with van der Waals surface area (Å²) in [6.07, 6.45) is 7.37. The lowest BCUT2D eigenvalue weighted by atomic mass is 10.3. The molecule has 1 aromatic rings. The van der Waals surface area contributed by atoms with E-state index < -0.39 is 0 Å². The van der Waals surface area contributed by atoms with Gasteiger partial charge in [-0.2, -0.15) is 5.10 Å². The number of ether oxygens (including phenoxy) is 1. The lowest BCUT2D eigenvalue weighted by molar-refractivity contribution is 0.0448. The normalized spacial score (nSPS) is 27.0. The Balaban J connectivity index is 1.77. The van der Waals surface area contributed by atoms with Crippen molar-refractivity contribution in [2.45, 2.75) is 38.0 Å². The predicted octanol–water partition coefficient (Wildman–Crippen LogP) is 0.816. The number of hydrogen-bond acceptors (Lipinski definition) is 3. The predicted molar refractivity (Wildman–Crippen MR) is 53.6 cm³/mol. The summed E-state index contributed by atoms with van der Waals surface area (Å²) in [7, 11) is 1.91. The van der Waals surface area contributed by atoms with Crippen LogP contribution in [0.25, 0.3) is 0 Å². The van der Waals surface area contributed by atoms with Crippen molar-refractivity contribution >= 4 is 0 Å². The highest BCUT2D eigenvalue weighted by Gasteiger charge is 2.22. The molecular weight excluding hydrogens is 178 g/mol. The molecule has 1 fully saturated rings. The maximum atomic E-state index is 5.80. The summed E-state index contributed by atoms with van der Waals surface area (Å²) in [4.78, 5) is 0. The Morgan fingerprint density at radius 3 is 3.07 bits per heavy atom. The maximum absolute atomic E-state index is 5.80. The van der Waals surface area contributed by atoms with Crippen molar-refractivity contribution in [3.05, 3.63) is 18.0 Å². The third-order valence-electron chi connectivity index (χ3n) is 2.67. The number of rotatable bonds is 3. The molecule has 2 unspecified atom stereocenters. The average molecular weight is 195 g/mol. The summed E-state index contributed by atoms with van der Waals surface area (Å²) in [6, 6.07) is 0.342. The van der Waals surface area contributed by atoms with Crippen LogP contribution in [-0.4, -0.2) is 21.9 Å². The van der Waals surface area contributed by atoms with E-state index in [2.05, 4.69) is 5.10 Å². The molecule has 2 atom stereocenters. The molecule has 2 N–H and O–H groups in total. The second kappa shape index (κ2) is 4.11. The van der Waals surface area contributed by atoms with Gasteiger partial charge in [-0.05, 0) is 19.3 Å². The van der Waals surface area contributed by atoms with E-state index in [9.17, 15) is 0 Å². The van der Waals surface area contributed by atoms with Crippen molar-refractivity contribution in [1.29, 1.82) is 0 Å². The summed E-state index contributed by atoms with van der Waals surface area (Å²) in [5.74, 6) is 0. The standard InChI is InChI=1S/C10H17N3O/c1-13-6-8(5-12-13)7-14-10-3-2-9(11)4-10/h5-6,9-10H,2-4,7,11H2,1H3. The molecule has 4 heteroatoms. The van der Waals surface area contributed by atoms with E-state index in [0.717, 1.165) is 24.8 Å². The topological polar surface area (TPSA) is 53.1 Å². The van der Waals surface area contributed by atoms with Crippen LogP contribution in [0.3, 0.4) is 0 Å². The quantitative estimate of drug-likeness (QED) is 0.776. The van der Waals surface area contributed by atoms with E-state index in [0.29, 0.717) is 18.8 Å². The molecule has 2 rings (SSSR count). The minimum atomic E-state index is 0.342. The van der Waals surface area contributed by atoms with Gasteiger partial charge < -0.3 is 10.5 Å². The van der Waals surface area contributed by atoms with Crippen molar-refractivity contribution in [2.24, 2.45) is 12.8 Å². The first-order chi connectivity index (χ1) is 6.74. The fraction of sp³-hybridized carbons (Fsp3) is 0.700. The van der Waals surface area contributed by atoms with Gasteiger partial charge in [-0.25, -0.2) is 0 Å². The first-order valence-electron chi connectivity index (χ1n) is 5.09. The molecule has 0 radical (unpaired) electrons. The Bertz CT molecular complexity index is 297. The third-order valence-corrected chi connectivity index (χ3v) is 2.67. The van der Waals surface area contributed by atoms with Crippen LogP contribution in [0.5, 0.6) is 0 Å². The monoisotopic (exact) mass is 195 g/mol. The number of nitrogens with two attached hydrogens (primary N) is 1. The van der Waals surface area contributed by atoms with Crippen LogP contribution in [0, 0.1) is 0 Å². The molecule has 0 aromatic carbocycles. The van der Waals surface area contributed by atoms with Crippen LogP contribution in [-0.2, 0) is 18.4 Å². The summed E-state index contributed by atoms with van der Waals surface area (Å²) in [5, 5.41) is 4.09. The highest BCUT2D eigenvalue weighted by molar-refractivity contribution is 5.01. The highest BCUT2D eigenvalue weighted by atomic mass is 16.5. The van der Waals surface area contributed by atoms with Crippen LogP contribution in [0.4, 0.5) is 0 Å². The zero-order valence-electron chi connectivity index (χ0n) is 8.52. The van der Waals surface area contributed by atoms with Gasteiger partial charge in [0.15, 0.2) is 0 Å². The minimum absolute atomic E-state index is 0.342. The maximum Gasteiger partial charge on any atom is 0.0751 e. The minimum Gasteiger partial charge on any atom is -0.373 e. The molecule has 1 aliphatic rings. The third kappa shape index (κ3) is 2.33. The summed E-state index contributed by atoms with van der Waals surface area (Å²) in [5.41, 5.74) is 6.93. The lowest BCUT2D eigenvalue weighted by Crippen LogP contribution is -2.17. The largest absolute Gasteiger partial charge is 0.373 e. The van der Waals surface area contributed by atoms with Crippen LogP contribution in [0.1, 0.15) is 24.8 Å². The van der Waals surface area contributed by atoms with Gasteiger partial charge in [-0.15, -0.1) is 0 Å². The van der Waals surface area contributed by atoms with Gasteiger partial charge >= 0.3 is 0 Å². The fourth-order valence-electron chi connectivity index (χ4n) is 1.89. The van der Waals surface area contributed by atoms with Crippen molar-refractivity contribution < 1.29 is 4.74 Å². The van der Waals surface area contributed by atoms with E-state index >= 15 is 0 Å². The van der Waals surface area contributed by atoms with Gasteiger partial charge in [-0.3, -0.25) is 4.68 Å². The van der Waals surface area contributed by atoms with Gasteiger partial charge in [0.05, 0.1) is 18.9 Å². The Kier molecular flexibility index (Phi) is 2.84. The van der Waals surface area contributed by atoms with Crippen molar-refractivity contribution in [3.8, 4) is 0 Å². The number of aromatic nitrogens is 2. The lowest BCUT2D eigenvalue weighted by Gasteiger charge is -2.09. The second-order valence-electron chi connectivity index (χ2n) is 4.03. The molecule has 0 spiro atoms. The summed E-state index contributed by atoms with van der Waals surface area (Å²) in [6.45, 7) is 0.658. The Morgan fingerprint density at radius 2 is 2.50 bits per heavy atom. The molecule has 1 heterocycles. The molecule has 0 aliphatic heterocycles. The Hall–Kier alpha value is -0.870. The van der Waals surface area contributed by atoms with Crippen LogP contribution in [0.2, 0.25) is 0 Å². The van der Waals surface area contributed by atoms with E-state index in [1.54, 1.807) is 4.68 Å². The molecular formula is C10H17N3O. The van der Waals surface area contributed by atoms with E-state index in [4.69, 9.17) is 10.5 Å². The van der Waals surface area contributed by atoms with Gasteiger partial charge in [0.25, 0.3) is 0 Å².